The van der Waals surface area contributed by atoms with Gasteiger partial charge in [0.15, 0.2) is 0 Å². The van der Waals surface area contributed by atoms with E-state index in [4.69, 9.17) is 16.7 Å². The second-order valence-electron chi connectivity index (χ2n) is 3.10. The van der Waals surface area contributed by atoms with Crippen LogP contribution < -0.4 is 0 Å². The number of aliphatic hydroxyl groups excluding tert-OH is 1. The maximum absolute atomic E-state index is 13.1. The summed E-state index contributed by atoms with van der Waals surface area (Å²) < 4.78 is 13.1. The van der Waals surface area contributed by atoms with Crippen molar-refractivity contribution in [2.24, 2.45) is 0 Å². The van der Waals surface area contributed by atoms with Crippen molar-refractivity contribution in [3.05, 3.63) is 33.1 Å². The Labute approximate surface area is 101 Å². The highest BCUT2D eigenvalue weighted by molar-refractivity contribution is 8.00. The second kappa shape index (κ2) is 5.47. The molecule has 0 heterocycles. The number of nitro benzene ring substituents is 1. The van der Waals surface area contributed by atoms with E-state index in [-0.39, 0.29) is 27.5 Å². The number of benzene rings is 1. The van der Waals surface area contributed by atoms with Gasteiger partial charge < -0.3 is 5.11 Å². The highest BCUT2D eigenvalue weighted by Crippen LogP contribution is 2.35. The molecule has 1 atom stereocenters. The Morgan fingerprint density at radius 2 is 2.31 bits per heavy atom. The van der Waals surface area contributed by atoms with Gasteiger partial charge in [0, 0.05) is 11.3 Å². The monoisotopic (exact) mass is 265 g/mol. The van der Waals surface area contributed by atoms with Crippen molar-refractivity contribution in [2.45, 2.75) is 17.1 Å². The molecular weight excluding hydrogens is 257 g/mol. The van der Waals surface area contributed by atoms with Crippen molar-refractivity contribution in [1.82, 2.24) is 0 Å². The van der Waals surface area contributed by atoms with Gasteiger partial charge in [0.05, 0.1) is 21.4 Å². The number of halogens is 2. The highest BCUT2D eigenvalue weighted by atomic mass is 35.5. The fourth-order valence-corrected chi connectivity index (χ4v) is 2.10. The van der Waals surface area contributed by atoms with Gasteiger partial charge in [-0.1, -0.05) is 18.5 Å². The zero-order chi connectivity index (χ0) is 12.3. The molecule has 16 heavy (non-hydrogen) atoms. The van der Waals surface area contributed by atoms with Gasteiger partial charge in [-0.25, -0.2) is 4.39 Å². The van der Waals surface area contributed by atoms with Crippen molar-refractivity contribution in [3.63, 3.8) is 0 Å². The topological polar surface area (TPSA) is 63.4 Å². The Balaban J connectivity index is 3.14. The number of nitrogens with zero attached hydrogens (tertiary/aromatic N) is 1. The maximum Gasteiger partial charge on any atom is 0.284 e. The average molecular weight is 266 g/mol. The fourth-order valence-electron chi connectivity index (χ4n) is 1.01. The molecule has 1 unspecified atom stereocenters. The van der Waals surface area contributed by atoms with Gasteiger partial charge in [-0.3, -0.25) is 10.1 Å². The molecule has 0 aromatic heterocycles. The molecule has 0 fully saturated rings. The summed E-state index contributed by atoms with van der Waals surface area (Å²) in [4.78, 5) is 10.2. The third-order valence-electron chi connectivity index (χ3n) is 1.78. The van der Waals surface area contributed by atoms with E-state index in [1.807, 2.05) is 0 Å². The number of hydrogen-bond donors (Lipinski definition) is 1. The maximum atomic E-state index is 13.1. The number of thioether (sulfide) groups is 1. The zero-order valence-corrected chi connectivity index (χ0v) is 9.89. The molecule has 4 nitrogen and oxygen atoms in total. The van der Waals surface area contributed by atoms with Crippen LogP contribution in [0.3, 0.4) is 0 Å². The number of hydrogen-bond acceptors (Lipinski definition) is 4. The Kier molecular flexibility index (Phi) is 4.52. The molecule has 0 saturated heterocycles. The van der Waals surface area contributed by atoms with E-state index in [2.05, 4.69) is 0 Å². The van der Waals surface area contributed by atoms with Crippen molar-refractivity contribution in [2.75, 3.05) is 6.61 Å². The minimum atomic E-state index is -0.708. The van der Waals surface area contributed by atoms with Crippen molar-refractivity contribution < 1.29 is 14.4 Å². The summed E-state index contributed by atoms with van der Waals surface area (Å²) in [5.41, 5.74) is -0.253. The van der Waals surface area contributed by atoms with Gasteiger partial charge in [-0.05, 0) is 6.07 Å². The van der Waals surface area contributed by atoms with Crippen LogP contribution in [0.2, 0.25) is 5.02 Å². The first-order valence-corrected chi connectivity index (χ1v) is 5.62. The molecular formula is C9H9ClFNO3S. The average Bonchev–Trinajstić information content (AvgIpc) is 2.22. The molecule has 1 aromatic rings. The van der Waals surface area contributed by atoms with Crippen LogP contribution in [-0.2, 0) is 0 Å². The molecule has 0 aliphatic carbocycles. The second-order valence-corrected chi connectivity index (χ2v) is 4.99. The lowest BCUT2D eigenvalue weighted by atomic mass is 10.3. The SMILES string of the molecule is CC(CO)Sc1cc(F)c(Cl)cc1[N+](=O)[O-]. The summed E-state index contributed by atoms with van der Waals surface area (Å²) >= 11 is 6.49. The summed E-state index contributed by atoms with van der Waals surface area (Å²) in [6.07, 6.45) is 0. The van der Waals surface area contributed by atoms with E-state index < -0.39 is 10.7 Å². The van der Waals surface area contributed by atoms with Crippen LogP contribution in [0.5, 0.6) is 0 Å². The van der Waals surface area contributed by atoms with Crippen LogP contribution in [0.1, 0.15) is 6.92 Å². The Morgan fingerprint density at radius 3 is 2.81 bits per heavy atom. The van der Waals surface area contributed by atoms with E-state index in [0.717, 1.165) is 23.9 Å². The van der Waals surface area contributed by atoms with Crippen LogP contribution >= 0.6 is 23.4 Å². The van der Waals surface area contributed by atoms with Crippen LogP contribution in [0, 0.1) is 15.9 Å². The molecule has 1 rings (SSSR count). The van der Waals surface area contributed by atoms with Crippen molar-refractivity contribution in [3.8, 4) is 0 Å². The lowest BCUT2D eigenvalue weighted by molar-refractivity contribution is -0.387. The fraction of sp³-hybridized carbons (Fsp3) is 0.333. The highest BCUT2D eigenvalue weighted by Gasteiger charge is 2.19. The van der Waals surface area contributed by atoms with E-state index in [1.54, 1.807) is 6.92 Å². The molecule has 1 N–H and O–H groups in total. The number of rotatable bonds is 4. The molecule has 0 aliphatic heterocycles. The van der Waals surface area contributed by atoms with Crippen LogP contribution in [-0.4, -0.2) is 21.9 Å². The number of nitro groups is 1. The predicted molar refractivity (Wildman–Crippen MR) is 60.5 cm³/mol. The summed E-state index contributed by atoms with van der Waals surface area (Å²) in [5, 5.41) is 19.0. The zero-order valence-electron chi connectivity index (χ0n) is 8.31. The van der Waals surface area contributed by atoms with Crippen LogP contribution in [0.4, 0.5) is 10.1 Å². The summed E-state index contributed by atoms with van der Waals surface area (Å²) in [5.74, 6) is -0.708. The van der Waals surface area contributed by atoms with E-state index >= 15 is 0 Å². The molecule has 0 spiro atoms. The molecule has 7 heteroatoms. The van der Waals surface area contributed by atoms with Crippen molar-refractivity contribution >= 4 is 29.1 Å². The first kappa shape index (κ1) is 13.2. The third kappa shape index (κ3) is 3.07. The van der Waals surface area contributed by atoms with E-state index in [9.17, 15) is 14.5 Å². The molecule has 0 bridgehead atoms. The third-order valence-corrected chi connectivity index (χ3v) is 3.21. The Morgan fingerprint density at radius 1 is 1.69 bits per heavy atom. The number of aliphatic hydroxyl groups is 1. The van der Waals surface area contributed by atoms with Gasteiger partial charge in [-0.2, -0.15) is 0 Å². The first-order chi connectivity index (χ1) is 7.45. The van der Waals surface area contributed by atoms with Crippen LogP contribution in [0.25, 0.3) is 0 Å². The summed E-state index contributed by atoms with van der Waals surface area (Å²) in [6, 6.07) is 1.99. The smallest absolute Gasteiger partial charge is 0.284 e. The predicted octanol–water partition coefficient (Wildman–Crippen LogP) is 2.86. The van der Waals surface area contributed by atoms with E-state index in [0.29, 0.717) is 0 Å². The van der Waals surface area contributed by atoms with Gasteiger partial charge in [0.25, 0.3) is 5.69 Å². The van der Waals surface area contributed by atoms with E-state index in [1.165, 1.54) is 0 Å². The summed E-state index contributed by atoms with van der Waals surface area (Å²) in [7, 11) is 0. The molecule has 1 aromatic carbocycles. The molecule has 0 amide bonds. The largest absolute Gasteiger partial charge is 0.395 e. The van der Waals surface area contributed by atoms with Gasteiger partial charge in [-0.15, -0.1) is 11.8 Å². The van der Waals surface area contributed by atoms with Gasteiger partial charge in [0.1, 0.15) is 5.82 Å². The lowest BCUT2D eigenvalue weighted by Gasteiger charge is -2.08. The molecule has 0 radical (unpaired) electrons. The quantitative estimate of drug-likeness (QED) is 0.516. The minimum Gasteiger partial charge on any atom is -0.395 e. The minimum absolute atomic E-state index is 0.147. The lowest BCUT2D eigenvalue weighted by Crippen LogP contribution is -2.03. The Bertz CT molecular complexity index is 416. The van der Waals surface area contributed by atoms with Gasteiger partial charge in [0.2, 0.25) is 0 Å². The molecule has 88 valence electrons. The normalized spacial score (nSPS) is 12.5. The molecule has 0 saturated carbocycles. The molecule has 0 aliphatic rings. The first-order valence-electron chi connectivity index (χ1n) is 4.36. The Hall–Kier alpha value is -0.850. The summed E-state index contributed by atoms with van der Waals surface area (Å²) in [6.45, 7) is 1.53. The standard InChI is InChI=1S/C9H9ClFNO3S/c1-5(4-13)16-9-3-7(11)6(10)2-8(9)12(14)15/h2-3,5,13H,4H2,1H3. The van der Waals surface area contributed by atoms with Crippen LogP contribution in [0.15, 0.2) is 17.0 Å². The van der Waals surface area contributed by atoms with Crippen molar-refractivity contribution in [1.29, 1.82) is 0 Å². The van der Waals surface area contributed by atoms with Gasteiger partial charge >= 0.3 is 0 Å².